The Morgan fingerprint density at radius 3 is 2.66 bits per heavy atom. The van der Waals surface area contributed by atoms with E-state index in [0.29, 0.717) is 30.9 Å². The van der Waals surface area contributed by atoms with Crippen LogP contribution in [0.4, 0.5) is 0 Å². The molecule has 7 nitrogen and oxygen atoms in total. The predicted octanol–water partition coefficient (Wildman–Crippen LogP) is 4.40. The van der Waals surface area contributed by atoms with E-state index in [0.717, 1.165) is 35.0 Å². The highest BCUT2D eigenvalue weighted by molar-refractivity contribution is 6.06. The van der Waals surface area contributed by atoms with Gasteiger partial charge in [0.05, 0.1) is 35.4 Å². The van der Waals surface area contributed by atoms with Crippen LogP contribution in [0.15, 0.2) is 36.5 Å². The number of nitrogens with zero attached hydrogens (tertiary/aromatic N) is 4. The van der Waals surface area contributed by atoms with Gasteiger partial charge in [-0.2, -0.15) is 5.10 Å². The maximum atomic E-state index is 13.7. The highest BCUT2D eigenvalue weighted by atomic mass is 16.5. The van der Waals surface area contributed by atoms with E-state index in [9.17, 15) is 9.59 Å². The molecule has 1 aliphatic rings. The summed E-state index contributed by atoms with van der Waals surface area (Å²) in [5.74, 6) is -0.596. The maximum Gasteiger partial charge on any atom is 0.310 e. The van der Waals surface area contributed by atoms with Crippen molar-refractivity contribution in [3.05, 3.63) is 47.7 Å². The molecular formula is C25H30N4O3. The Kier molecular flexibility index (Phi) is 6.26. The molecule has 0 spiro atoms. The summed E-state index contributed by atoms with van der Waals surface area (Å²) in [5.41, 5.74) is 4.12. The van der Waals surface area contributed by atoms with Gasteiger partial charge in [0.15, 0.2) is 5.65 Å². The lowest BCUT2D eigenvalue weighted by atomic mass is 9.97. The first-order valence-corrected chi connectivity index (χ1v) is 11.3. The minimum Gasteiger partial charge on any atom is -0.466 e. The fourth-order valence-electron chi connectivity index (χ4n) is 4.23. The summed E-state index contributed by atoms with van der Waals surface area (Å²) >= 11 is 0. The van der Waals surface area contributed by atoms with Crippen LogP contribution in [0.1, 0.15) is 55.6 Å². The van der Waals surface area contributed by atoms with Crippen molar-refractivity contribution in [1.82, 2.24) is 19.7 Å². The zero-order valence-corrected chi connectivity index (χ0v) is 19.2. The molecule has 0 aliphatic carbocycles. The Hall–Kier alpha value is -3.22. The molecule has 1 aromatic carbocycles. The van der Waals surface area contributed by atoms with E-state index in [1.165, 1.54) is 0 Å². The summed E-state index contributed by atoms with van der Waals surface area (Å²) in [6, 6.07) is 10.1. The van der Waals surface area contributed by atoms with Gasteiger partial charge in [-0.3, -0.25) is 9.59 Å². The number of ether oxygens (including phenoxy) is 1. The topological polar surface area (TPSA) is 77.3 Å². The fourth-order valence-corrected chi connectivity index (χ4v) is 4.23. The largest absolute Gasteiger partial charge is 0.466 e. The molecule has 1 fully saturated rings. The number of aromatic nitrogens is 3. The van der Waals surface area contributed by atoms with Crippen molar-refractivity contribution >= 4 is 22.9 Å². The first-order valence-electron chi connectivity index (χ1n) is 11.3. The zero-order chi connectivity index (χ0) is 22.8. The summed E-state index contributed by atoms with van der Waals surface area (Å²) in [5, 5.41) is 5.24. The van der Waals surface area contributed by atoms with Gasteiger partial charge in [-0.25, -0.2) is 9.67 Å². The number of pyridine rings is 1. The molecule has 0 bridgehead atoms. The fraction of sp³-hybridized carbons (Fsp3) is 0.440. The highest BCUT2D eigenvalue weighted by Crippen LogP contribution is 2.29. The number of benzene rings is 1. The van der Waals surface area contributed by atoms with Crippen LogP contribution in [0.2, 0.25) is 0 Å². The van der Waals surface area contributed by atoms with Gasteiger partial charge in [0.1, 0.15) is 0 Å². The Morgan fingerprint density at radius 2 is 1.97 bits per heavy atom. The lowest BCUT2D eigenvalue weighted by Crippen LogP contribution is -2.42. The van der Waals surface area contributed by atoms with Crippen molar-refractivity contribution in [2.24, 2.45) is 5.92 Å². The third-order valence-corrected chi connectivity index (χ3v) is 5.96. The van der Waals surface area contributed by atoms with E-state index < -0.39 is 0 Å². The van der Waals surface area contributed by atoms with E-state index in [2.05, 4.69) is 5.10 Å². The summed E-state index contributed by atoms with van der Waals surface area (Å²) in [6.07, 6.45) is 3.25. The lowest BCUT2D eigenvalue weighted by molar-refractivity contribution is -0.149. The quantitative estimate of drug-likeness (QED) is 0.556. The molecule has 1 amide bonds. The van der Waals surface area contributed by atoms with Crippen LogP contribution in [0, 0.1) is 12.8 Å². The lowest BCUT2D eigenvalue weighted by Gasteiger charge is -2.31. The van der Waals surface area contributed by atoms with Crippen molar-refractivity contribution in [2.45, 2.75) is 46.6 Å². The number of piperidine rings is 1. The molecule has 3 aromatic rings. The molecule has 0 N–H and O–H groups in total. The van der Waals surface area contributed by atoms with Crippen LogP contribution in [-0.2, 0) is 9.53 Å². The van der Waals surface area contributed by atoms with Crippen LogP contribution >= 0.6 is 0 Å². The summed E-state index contributed by atoms with van der Waals surface area (Å²) in [4.78, 5) is 32.6. The number of rotatable bonds is 5. The van der Waals surface area contributed by atoms with Crippen LogP contribution in [-0.4, -0.2) is 51.2 Å². The molecular weight excluding hydrogens is 404 g/mol. The summed E-state index contributed by atoms with van der Waals surface area (Å²) in [7, 11) is 0. The third-order valence-electron chi connectivity index (χ3n) is 5.96. The number of likely N-dealkylation sites (tertiary alicyclic amines) is 1. The number of aryl methyl sites for hydroxylation is 1. The molecule has 7 heteroatoms. The van der Waals surface area contributed by atoms with Gasteiger partial charge in [-0.15, -0.1) is 0 Å². The van der Waals surface area contributed by atoms with Crippen LogP contribution in [0.5, 0.6) is 0 Å². The second-order valence-electron chi connectivity index (χ2n) is 8.68. The number of carbonyl (C=O) groups excluding carboxylic acids is 2. The van der Waals surface area contributed by atoms with Gasteiger partial charge in [0.2, 0.25) is 0 Å². The normalized spacial score (nSPS) is 16.5. The van der Waals surface area contributed by atoms with Gasteiger partial charge in [0.25, 0.3) is 5.91 Å². The van der Waals surface area contributed by atoms with Crippen LogP contribution in [0.3, 0.4) is 0 Å². The molecule has 1 saturated heterocycles. The highest BCUT2D eigenvalue weighted by Gasteiger charge is 2.31. The Labute approximate surface area is 188 Å². The van der Waals surface area contributed by atoms with Gasteiger partial charge < -0.3 is 9.64 Å². The number of esters is 1. The minimum atomic E-state index is -0.278. The smallest absolute Gasteiger partial charge is 0.310 e. The summed E-state index contributed by atoms with van der Waals surface area (Å²) in [6.45, 7) is 9.28. The van der Waals surface area contributed by atoms with Gasteiger partial charge in [-0.05, 0) is 46.6 Å². The first-order chi connectivity index (χ1) is 15.4. The second kappa shape index (κ2) is 9.10. The molecule has 4 rings (SSSR count). The third kappa shape index (κ3) is 4.24. The molecule has 1 unspecified atom stereocenters. The number of fused-ring (bicyclic) bond motifs is 1. The Bertz CT molecular complexity index is 1130. The molecule has 3 heterocycles. The standard InChI is InChI=1S/C25H30N4O3/c1-5-32-25(31)19-7-6-12-28(15-19)24(30)20-13-22(18-10-8-17(4)9-11-18)27-23-21(20)14-26-29(23)16(2)3/h8-11,13-14,16,19H,5-7,12,15H2,1-4H3. The Balaban J connectivity index is 1.76. The van der Waals surface area contributed by atoms with Crippen molar-refractivity contribution in [1.29, 1.82) is 0 Å². The molecule has 168 valence electrons. The number of hydrogen-bond acceptors (Lipinski definition) is 5. The number of hydrogen-bond donors (Lipinski definition) is 0. The van der Waals surface area contributed by atoms with Gasteiger partial charge in [-0.1, -0.05) is 29.8 Å². The van der Waals surface area contributed by atoms with E-state index in [1.807, 2.05) is 55.8 Å². The average Bonchev–Trinajstić information content (AvgIpc) is 3.23. The second-order valence-corrected chi connectivity index (χ2v) is 8.68. The maximum absolute atomic E-state index is 13.7. The van der Waals surface area contributed by atoms with Crippen molar-refractivity contribution in [3.63, 3.8) is 0 Å². The van der Waals surface area contributed by atoms with Crippen LogP contribution < -0.4 is 0 Å². The minimum absolute atomic E-state index is 0.0944. The average molecular weight is 435 g/mol. The van der Waals surface area contributed by atoms with E-state index >= 15 is 0 Å². The Morgan fingerprint density at radius 1 is 1.22 bits per heavy atom. The predicted molar refractivity (Wildman–Crippen MR) is 123 cm³/mol. The van der Waals surface area contributed by atoms with Crippen LogP contribution in [0.25, 0.3) is 22.3 Å². The molecule has 0 radical (unpaired) electrons. The van der Waals surface area contributed by atoms with Gasteiger partial charge >= 0.3 is 5.97 Å². The molecule has 32 heavy (non-hydrogen) atoms. The molecule has 1 aliphatic heterocycles. The van der Waals surface area contributed by atoms with Crippen molar-refractivity contribution in [2.75, 3.05) is 19.7 Å². The van der Waals surface area contributed by atoms with E-state index in [1.54, 1.807) is 18.0 Å². The molecule has 0 saturated carbocycles. The first kappa shape index (κ1) is 22.0. The van der Waals surface area contributed by atoms with E-state index in [-0.39, 0.29) is 23.8 Å². The monoisotopic (exact) mass is 434 g/mol. The molecule has 2 aromatic heterocycles. The number of carbonyl (C=O) groups is 2. The van der Waals surface area contributed by atoms with Crippen molar-refractivity contribution in [3.8, 4) is 11.3 Å². The molecule has 1 atom stereocenters. The summed E-state index contributed by atoms with van der Waals surface area (Å²) < 4.78 is 7.05. The van der Waals surface area contributed by atoms with Gasteiger partial charge in [0, 0.05) is 24.7 Å². The number of amides is 1. The van der Waals surface area contributed by atoms with Crippen molar-refractivity contribution < 1.29 is 14.3 Å². The SMILES string of the molecule is CCOC(=O)C1CCCN(C(=O)c2cc(-c3ccc(C)cc3)nc3c2cnn3C(C)C)C1. The zero-order valence-electron chi connectivity index (χ0n) is 19.2. The van der Waals surface area contributed by atoms with E-state index in [4.69, 9.17) is 9.72 Å².